The molecule has 0 aromatic heterocycles. The van der Waals surface area contributed by atoms with Crippen LogP contribution >= 0.6 is 23.2 Å². The van der Waals surface area contributed by atoms with Gasteiger partial charge in [-0.1, -0.05) is 50.0 Å². The van der Waals surface area contributed by atoms with Crippen LogP contribution in [0.2, 0.25) is 10.0 Å². The van der Waals surface area contributed by atoms with Crippen LogP contribution in [0, 0.1) is 5.92 Å². The van der Waals surface area contributed by atoms with Gasteiger partial charge >= 0.3 is 0 Å². The summed E-state index contributed by atoms with van der Waals surface area (Å²) in [5, 5.41) is 3.47. The quantitative estimate of drug-likeness (QED) is 0.198. The van der Waals surface area contributed by atoms with Crippen molar-refractivity contribution in [2.24, 2.45) is 5.92 Å². The molecule has 0 fully saturated rings. The van der Waals surface area contributed by atoms with E-state index >= 15 is 0 Å². The van der Waals surface area contributed by atoms with Crippen LogP contribution in [-0.4, -0.2) is 72.7 Å². The number of halogens is 2. The zero-order valence-corrected chi connectivity index (χ0v) is 29.8. The second kappa shape index (κ2) is 16.8. The van der Waals surface area contributed by atoms with Gasteiger partial charge in [0.15, 0.2) is 11.5 Å². The maximum atomic E-state index is 14.5. The van der Waals surface area contributed by atoms with Gasteiger partial charge in [-0.2, -0.15) is 0 Å². The topological polar surface area (TPSA) is 124 Å². The molecule has 1 atom stereocenters. The summed E-state index contributed by atoms with van der Waals surface area (Å²) in [6.45, 7) is 5.15. The fraction of sp³-hybridized carbons (Fsp3) is 0.394. The Balaban J connectivity index is 2.22. The number of carbonyl (C=O) groups is 2. The smallest absolute Gasteiger partial charge is 0.265 e. The van der Waals surface area contributed by atoms with Crippen LogP contribution in [0.4, 0.5) is 5.69 Å². The Bertz CT molecular complexity index is 1650. The van der Waals surface area contributed by atoms with Crippen molar-refractivity contribution in [1.82, 2.24) is 10.2 Å². The monoisotopic (exact) mass is 709 g/mol. The molecule has 14 heteroatoms. The molecule has 2 amide bonds. The predicted molar refractivity (Wildman–Crippen MR) is 183 cm³/mol. The van der Waals surface area contributed by atoms with Gasteiger partial charge in [0.1, 0.15) is 24.1 Å². The number of hydrogen-bond donors (Lipinski definition) is 1. The number of ether oxygens (including phenoxy) is 4. The second-order valence-corrected chi connectivity index (χ2v) is 13.5. The minimum Gasteiger partial charge on any atom is -0.497 e. The van der Waals surface area contributed by atoms with E-state index in [4.69, 9.17) is 42.1 Å². The van der Waals surface area contributed by atoms with E-state index in [0.29, 0.717) is 23.6 Å². The summed E-state index contributed by atoms with van der Waals surface area (Å²) in [7, 11) is 1.13. The molecule has 1 N–H and O–H groups in total. The lowest BCUT2D eigenvalue weighted by atomic mass is 10.1. The number of carbonyl (C=O) groups excluding carboxylic acids is 2. The first kappa shape index (κ1) is 37.6. The van der Waals surface area contributed by atoms with Crippen LogP contribution in [0.25, 0.3) is 0 Å². The molecule has 3 aromatic carbocycles. The molecule has 0 radical (unpaired) electrons. The lowest BCUT2D eigenvalue weighted by Crippen LogP contribution is -2.52. The first-order valence-corrected chi connectivity index (χ1v) is 17.0. The summed E-state index contributed by atoms with van der Waals surface area (Å²) >= 11 is 13.0. The molecule has 3 rings (SSSR count). The summed E-state index contributed by atoms with van der Waals surface area (Å²) in [5.74, 6) is 0.0214. The highest BCUT2D eigenvalue weighted by Crippen LogP contribution is 2.38. The van der Waals surface area contributed by atoms with Crippen LogP contribution in [0.15, 0.2) is 59.5 Å². The Labute approximate surface area is 286 Å². The highest BCUT2D eigenvalue weighted by molar-refractivity contribution is 7.92. The number of rotatable bonds is 16. The van der Waals surface area contributed by atoms with E-state index in [0.717, 1.165) is 4.31 Å². The van der Waals surface area contributed by atoms with Crippen molar-refractivity contribution >= 4 is 50.7 Å². The van der Waals surface area contributed by atoms with Gasteiger partial charge in [-0.05, 0) is 48.7 Å². The van der Waals surface area contributed by atoms with Crippen LogP contribution in [0.5, 0.6) is 23.0 Å². The molecule has 0 saturated carbocycles. The standard InChI is InChI=1S/C33H41Cl2N3O8S/c1-8-27(33(40)36-18-21(2)3)37(19-24-25(34)10-9-11-26(24)35)32(39)20-38(28-16-22(43-4)12-14-29(28)44-5)47(41,42)23-13-15-30(45-6)31(17-23)46-7/h9-17,21,27H,8,18-20H2,1-7H3,(H,36,40). The maximum absolute atomic E-state index is 14.5. The van der Waals surface area contributed by atoms with Gasteiger partial charge in [0.25, 0.3) is 10.0 Å². The number of nitrogens with zero attached hydrogens (tertiary/aromatic N) is 2. The van der Waals surface area contributed by atoms with Crippen LogP contribution in [0.3, 0.4) is 0 Å². The fourth-order valence-corrected chi connectivity index (χ4v) is 6.75. The third-order valence-corrected chi connectivity index (χ3v) is 9.80. The molecule has 0 aliphatic carbocycles. The Morgan fingerprint density at radius 3 is 2.02 bits per heavy atom. The van der Waals surface area contributed by atoms with Crippen molar-refractivity contribution in [1.29, 1.82) is 0 Å². The van der Waals surface area contributed by atoms with E-state index in [1.807, 2.05) is 13.8 Å². The SMILES string of the molecule is CCC(C(=O)NCC(C)C)N(Cc1c(Cl)cccc1Cl)C(=O)CN(c1cc(OC)ccc1OC)S(=O)(=O)c1ccc(OC)c(OC)c1. The van der Waals surface area contributed by atoms with Crippen molar-refractivity contribution in [3.05, 3.63) is 70.2 Å². The van der Waals surface area contributed by atoms with Gasteiger partial charge in [0.2, 0.25) is 11.8 Å². The number of methoxy groups -OCH3 is 4. The molecule has 0 aliphatic heterocycles. The Morgan fingerprint density at radius 2 is 1.47 bits per heavy atom. The lowest BCUT2D eigenvalue weighted by molar-refractivity contribution is -0.140. The van der Waals surface area contributed by atoms with Crippen molar-refractivity contribution in [3.8, 4) is 23.0 Å². The first-order chi connectivity index (χ1) is 22.3. The van der Waals surface area contributed by atoms with Crippen molar-refractivity contribution in [3.63, 3.8) is 0 Å². The van der Waals surface area contributed by atoms with Crippen LogP contribution in [-0.2, 0) is 26.2 Å². The minimum atomic E-state index is -4.50. The summed E-state index contributed by atoms with van der Waals surface area (Å²) in [4.78, 5) is 29.1. The summed E-state index contributed by atoms with van der Waals surface area (Å²) in [5.41, 5.74) is 0.440. The molecule has 256 valence electrons. The third kappa shape index (κ3) is 8.94. The Hall–Kier alpha value is -3.87. The number of benzene rings is 3. The molecule has 0 bridgehead atoms. The minimum absolute atomic E-state index is 0.0306. The Morgan fingerprint density at radius 1 is 0.851 bits per heavy atom. The number of hydrogen-bond acceptors (Lipinski definition) is 8. The highest BCUT2D eigenvalue weighted by atomic mass is 35.5. The molecule has 0 heterocycles. The number of amides is 2. The van der Waals surface area contributed by atoms with Gasteiger partial charge in [-0.3, -0.25) is 13.9 Å². The van der Waals surface area contributed by atoms with Gasteiger partial charge in [0.05, 0.1) is 39.0 Å². The molecule has 0 aliphatic rings. The molecule has 0 spiro atoms. The van der Waals surface area contributed by atoms with Crippen molar-refractivity contribution in [2.45, 2.75) is 44.7 Å². The van der Waals surface area contributed by atoms with E-state index < -0.39 is 34.4 Å². The van der Waals surface area contributed by atoms with E-state index in [1.165, 1.54) is 63.7 Å². The molecule has 11 nitrogen and oxygen atoms in total. The number of sulfonamides is 1. The molecule has 1 unspecified atom stereocenters. The van der Waals surface area contributed by atoms with Gasteiger partial charge in [0, 0.05) is 40.8 Å². The van der Waals surface area contributed by atoms with E-state index in [-0.39, 0.29) is 51.0 Å². The predicted octanol–water partition coefficient (Wildman–Crippen LogP) is 5.80. The third-order valence-electron chi connectivity index (χ3n) is 7.34. The average molecular weight is 711 g/mol. The summed E-state index contributed by atoms with van der Waals surface area (Å²) in [6, 6.07) is 12.6. The number of nitrogens with one attached hydrogen (secondary N) is 1. The van der Waals surface area contributed by atoms with Crippen LogP contribution in [0.1, 0.15) is 32.8 Å². The molecular formula is C33H41Cl2N3O8S. The molecule has 47 heavy (non-hydrogen) atoms. The lowest BCUT2D eigenvalue weighted by Gasteiger charge is -2.34. The van der Waals surface area contributed by atoms with E-state index in [1.54, 1.807) is 31.2 Å². The number of anilines is 1. The molecular weight excluding hydrogens is 669 g/mol. The van der Waals surface area contributed by atoms with Crippen molar-refractivity contribution < 1.29 is 37.0 Å². The van der Waals surface area contributed by atoms with Crippen LogP contribution < -0.4 is 28.6 Å². The zero-order valence-electron chi connectivity index (χ0n) is 27.5. The maximum Gasteiger partial charge on any atom is 0.265 e. The van der Waals surface area contributed by atoms with Gasteiger partial charge in [-0.25, -0.2) is 8.42 Å². The molecule has 3 aromatic rings. The Kier molecular flexibility index (Phi) is 13.4. The largest absolute Gasteiger partial charge is 0.497 e. The zero-order chi connectivity index (χ0) is 34.9. The fourth-order valence-electron chi connectivity index (χ4n) is 4.80. The van der Waals surface area contributed by atoms with Gasteiger partial charge < -0.3 is 29.2 Å². The van der Waals surface area contributed by atoms with E-state index in [2.05, 4.69) is 5.32 Å². The summed E-state index contributed by atoms with van der Waals surface area (Å²) < 4.78 is 51.5. The average Bonchev–Trinajstić information content (AvgIpc) is 3.06. The normalized spacial score (nSPS) is 11.9. The van der Waals surface area contributed by atoms with Crippen molar-refractivity contribution in [2.75, 3.05) is 45.8 Å². The second-order valence-electron chi connectivity index (χ2n) is 10.9. The highest BCUT2D eigenvalue weighted by Gasteiger charge is 2.36. The molecule has 0 saturated heterocycles. The first-order valence-electron chi connectivity index (χ1n) is 14.8. The summed E-state index contributed by atoms with van der Waals surface area (Å²) in [6.07, 6.45) is 0.225. The van der Waals surface area contributed by atoms with E-state index in [9.17, 15) is 18.0 Å². The van der Waals surface area contributed by atoms with Gasteiger partial charge in [-0.15, -0.1) is 0 Å².